The zero-order chi connectivity index (χ0) is 16.7. The third-order valence-electron chi connectivity index (χ3n) is 2.91. The van der Waals surface area contributed by atoms with Crippen LogP contribution in [0.1, 0.15) is 22.3 Å². The van der Waals surface area contributed by atoms with Gasteiger partial charge in [-0.1, -0.05) is 0 Å². The highest BCUT2D eigenvalue weighted by Crippen LogP contribution is 2.28. The maximum absolute atomic E-state index is 11.8. The molecular weight excluding hydrogens is 316 g/mol. The Morgan fingerprint density at radius 1 is 1.30 bits per heavy atom. The van der Waals surface area contributed by atoms with Crippen LogP contribution < -0.4 is 14.8 Å². The quantitative estimate of drug-likeness (QED) is 0.649. The molecule has 1 aromatic carbocycles. The first kappa shape index (κ1) is 16.5. The average Bonchev–Trinajstić information content (AvgIpc) is 3.09. The number of ether oxygens (including phenoxy) is 2. The fraction of sp³-hybridized carbons (Fsp3) is 0.188. The minimum Gasteiger partial charge on any atom is -0.493 e. The number of rotatable bonds is 6. The number of hydrogen-bond donors (Lipinski definition) is 1. The van der Waals surface area contributed by atoms with E-state index in [9.17, 15) is 9.59 Å². The molecule has 1 heterocycles. The van der Waals surface area contributed by atoms with Crippen molar-refractivity contribution < 1.29 is 19.1 Å². The summed E-state index contributed by atoms with van der Waals surface area (Å²) in [5.74, 6) is -0.186. The number of amides is 1. The summed E-state index contributed by atoms with van der Waals surface area (Å²) in [6, 6.07) is 8.20. The molecule has 0 aliphatic carbocycles. The predicted octanol–water partition coefficient (Wildman–Crippen LogP) is 2.35. The van der Waals surface area contributed by atoms with Gasteiger partial charge in [0.15, 0.2) is 11.5 Å². The summed E-state index contributed by atoms with van der Waals surface area (Å²) in [7, 11) is 1.43. The molecule has 23 heavy (non-hydrogen) atoms. The molecule has 0 spiro atoms. The van der Waals surface area contributed by atoms with Gasteiger partial charge in [-0.25, -0.2) is 0 Å². The third kappa shape index (κ3) is 4.56. The standard InChI is InChI=1S/C16H14N2O4S/c1-21-14-8-11(9-17)2-3-13(14)22-15(19)4-6-18-16(20)12-5-7-23-10-12/h2-3,5,7-8,10H,4,6H2,1H3,(H,18,20). The molecule has 1 N–H and O–H groups in total. The minimum atomic E-state index is -0.501. The van der Waals surface area contributed by atoms with Gasteiger partial charge in [-0.15, -0.1) is 0 Å². The second-order valence-electron chi connectivity index (χ2n) is 4.47. The van der Waals surface area contributed by atoms with E-state index in [0.29, 0.717) is 16.9 Å². The number of nitrogens with one attached hydrogen (secondary N) is 1. The highest BCUT2D eigenvalue weighted by atomic mass is 32.1. The number of hydrogen-bond acceptors (Lipinski definition) is 6. The summed E-state index contributed by atoms with van der Waals surface area (Å²) in [5, 5.41) is 15.0. The molecule has 0 unspecified atom stereocenters. The predicted molar refractivity (Wildman–Crippen MR) is 84.6 cm³/mol. The Morgan fingerprint density at radius 2 is 2.13 bits per heavy atom. The molecule has 0 bridgehead atoms. The molecule has 0 aliphatic rings. The number of nitrogens with zero attached hydrogens (tertiary/aromatic N) is 1. The number of thiophene rings is 1. The lowest BCUT2D eigenvalue weighted by molar-refractivity contribution is -0.134. The second-order valence-corrected chi connectivity index (χ2v) is 5.25. The molecule has 0 radical (unpaired) electrons. The SMILES string of the molecule is COc1cc(C#N)ccc1OC(=O)CCNC(=O)c1ccsc1. The van der Waals surface area contributed by atoms with E-state index in [-0.39, 0.29) is 24.6 Å². The summed E-state index contributed by atoms with van der Waals surface area (Å²) in [5.41, 5.74) is 0.974. The van der Waals surface area contributed by atoms with E-state index >= 15 is 0 Å². The van der Waals surface area contributed by atoms with Crippen LogP contribution in [0.2, 0.25) is 0 Å². The van der Waals surface area contributed by atoms with Gasteiger partial charge in [0.1, 0.15) is 0 Å². The first-order valence-electron chi connectivity index (χ1n) is 6.73. The van der Waals surface area contributed by atoms with Gasteiger partial charge in [-0.2, -0.15) is 16.6 Å². The fourth-order valence-electron chi connectivity index (χ4n) is 1.77. The van der Waals surface area contributed by atoms with Crippen molar-refractivity contribution in [3.05, 3.63) is 46.2 Å². The molecular formula is C16H14N2O4S. The van der Waals surface area contributed by atoms with Gasteiger partial charge in [0, 0.05) is 23.6 Å². The van der Waals surface area contributed by atoms with Gasteiger partial charge in [-0.3, -0.25) is 9.59 Å². The lowest BCUT2D eigenvalue weighted by Gasteiger charge is -2.09. The molecule has 0 saturated heterocycles. The van der Waals surface area contributed by atoms with Crippen LogP contribution in [0.5, 0.6) is 11.5 Å². The Labute approximate surface area is 137 Å². The Hall–Kier alpha value is -2.85. The zero-order valence-electron chi connectivity index (χ0n) is 12.4. The van der Waals surface area contributed by atoms with Crippen LogP contribution >= 0.6 is 11.3 Å². The summed E-state index contributed by atoms with van der Waals surface area (Å²) < 4.78 is 10.3. The second kappa shape index (κ2) is 7.96. The van der Waals surface area contributed by atoms with E-state index in [4.69, 9.17) is 14.7 Å². The lowest BCUT2D eigenvalue weighted by atomic mass is 10.2. The monoisotopic (exact) mass is 330 g/mol. The molecule has 0 saturated carbocycles. The van der Waals surface area contributed by atoms with E-state index in [1.807, 2.05) is 6.07 Å². The molecule has 7 heteroatoms. The van der Waals surface area contributed by atoms with E-state index in [0.717, 1.165) is 0 Å². The van der Waals surface area contributed by atoms with Gasteiger partial charge in [0.25, 0.3) is 5.91 Å². The summed E-state index contributed by atoms with van der Waals surface area (Å²) in [4.78, 5) is 23.5. The van der Waals surface area contributed by atoms with E-state index in [2.05, 4.69) is 5.32 Å². The Bertz CT molecular complexity index is 735. The molecule has 6 nitrogen and oxygen atoms in total. The van der Waals surface area contributed by atoms with Crippen molar-refractivity contribution in [1.82, 2.24) is 5.32 Å². The largest absolute Gasteiger partial charge is 0.493 e. The lowest BCUT2D eigenvalue weighted by Crippen LogP contribution is -2.26. The van der Waals surface area contributed by atoms with Gasteiger partial charge >= 0.3 is 5.97 Å². The van der Waals surface area contributed by atoms with Crippen molar-refractivity contribution in [2.45, 2.75) is 6.42 Å². The molecule has 1 aromatic heterocycles. The summed E-state index contributed by atoms with van der Waals surface area (Å²) in [6.07, 6.45) is 0.0268. The first-order chi connectivity index (χ1) is 11.1. The van der Waals surface area contributed by atoms with Gasteiger partial charge < -0.3 is 14.8 Å². The maximum Gasteiger partial charge on any atom is 0.313 e. The van der Waals surface area contributed by atoms with Gasteiger partial charge in [0.2, 0.25) is 0 Å². The zero-order valence-corrected chi connectivity index (χ0v) is 13.2. The summed E-state index contributed by atoms with van der Waals surface area (Å²) in [6.45, 7) is 0.173. The van der Waals surface area contributed by atoms with Crippen molar-refractivity contribution >= 4 is 23.2 Å². The highest BCUT2D eigenvalue weighted by molar-refractivity contribution is 7.08. The number of benzene rings is 1. The first-order valence-corrected chi connectivity index (χ1v) is 7.67. The van der Waals surface area contributed by atoms with Crippen LogP contribution in [-0.2, 0) is 4.79 Å². The van der Waals surface area contributed by atoms with Gasteiger partial charge in [-0.05, 0) is 23.6 Å². The average molecular weight is 330 g/mol. The number of carbonyl (C=O) groups excluding carboxylic acids is 2. The Kier molecular flexibility index (Phi) is 5.72. The van der Waals surface area contributed by atoms with Crippen LogP contribution in [-0.4, -0.2) is 25.5 Å². The van der Waals surface area contributed by atoms with Crippen molar-refractivity contribution in [3.8, 4) is 17.6 Å². The normalized spacial score (nSPS) is 9.74. The van der Waals surface area contributed by atoms with Crippen molar-refractivity contribution in [2.24, 2.45) is 0 Å². The van der Waals surface area contributed by atoms with E-state index in [1.165, 1.54) is 36.6 Å². The van der Waals surface area contributed by atoms with Crippen molar-refractivity contribution in [3.63, 3.8) is 0 Å². The van der Waals surface area contributed by atoms with Crippen LogP contribution in [0.3, 0.4) is 0 Å². The smallest absolute Gasteiger partial charge is 0.313 e. The molecule has 0 atom stereocenters. The summed E-state index contributed by atoms with van der Waals surface area (Å²) >= 11 is 1.43. The van der Waals surface area contributed by atoms with E-state index < -0.39 is 5.97 Å². The van der Waals surface area contributed by atoms with Gasteiger partial charge in [0.05, 0.1) is 25.2 Å². The number of nitriles is 1. The minimum absolute atomic E-state index is 0.0268. The number of carbonyl (C=O) groups is 2. The topological polar surface area (TPSA) is 88.4 Å². The van der Waals surface area contributed by atoms with Crippen LogP contribution in [0.4, 0.5) is 0 Å². The molecule has 1 amide bonds. The van der Waals surface area contributed by atoms with Crippen LogP contribution in [0.15, 0.2) is 35.0 Å². The number of methoxy groups -OCH3 is 1. The highest BCUT2D eigenvalue weighted by Gasteiger charge is 2.12. The molecule has 0 aliphatic heterocycles. The molecule has 118 valence electrons. The fourth-order valence-corrected chi connectivity index (χ4v) is 2.40. The van der Waals surface area contributed by atoms with Crippen molar-refractivity contribution in [2.75, 3.05) is 13.7 Å². The van der Waals surface area contributed by atoms with E-state index in [1.54, 1.807) is 16.8 Å². The number of esters is 1. The molecule has 2 rings (SSSR count). The molecule has 2 aromatic rings. The molecule has 0 fully saturated rings. The Morgan fingerprint density at radius 3 is 2.78 bits per heavy atom. The Balaban J connectivity index is 1.85. The van der Waals surface area contributed by atoms with Crippen LogP contribution in [0, 0.1) is 11.3 Å². The third-order valence-corrected chi connectivity index (χ3v) is 3.60. The van der Waals surface area contributed by atoms with Crippen LogP contribution in [0.25, 0.3) is 0 Å². The van der Waals surface area contributed by atoms with Crippen molar-refractivity contribution in [1.29, 1.82) is 5.26 Å². The maximum atomic E-state index is 11.8.